The number of benzene rings is 1. The first-order chi connectivity index (χ1) is 21.7. The van der Waals surface area contributed by atoms with E-state index in [0.717, 1.165) is 85.1 Å². The number of halogens is 2. The van der Waals surface area contributed by atoms with Crippen molar-refractivity contribution < 1.29 is 19.2 Å². The maximum atomic E-state index is 14.5. The Morgan fingerprint density at radius 2 is 2.13 bits per heavy atom. The molecule has 1 aliphatic carbocycles. The van der Waals surface area contributed by atoms with E-state index in [1.54, 1.807) is 0 Å². The Labute approximate surface area is 270 Å². The molecule has 4 aliphatic heterocycles. The van der Waals surface area contributed by atoms with Crippen molar-refractivity contribution in [1.82, 2.24) is 19.8 Å². The quantitative estimate of drug-likeness (QED) is 0.448. The second kappa shape index (κ2) is 12.2. The lowest BCUT2D eigenvalue weighted by atomic mass is 9.87. The van der Waals surface area contributed by atoms with Crippen molar-refractivity contribution in [2.45, 2.75) is 81.8 Å². The number of anilines is 1. The number of alkyl halides is 1. The number of aromatic nitrogens is 2. The standard InChI is InChI=1S/C34H45ClFN7O2/c1-22(41(2)3)29(37)15-24-19-42(13-6-12-38-24)31-26-20-45-34(11-9-25-27(34)7-4-8-28(25)35)17-30(26)39-32(40-31)44-21-33-10-5-14-43(33)18-23(36)16-33/h4,7-8,15,22-23,37-38H,5-6,9-14,16-21H2,1-3H3/p+1/b24-15-,37-29?/t22?,23?,33-,34+/m0/s1. The predicted molar refractivity (Wildman–Crippen MR) is 173 cm³/mol. The summed E-state index contributed by atoms with van der Waals surface area (Å²) >= 11 is 6.62. The molecule has 0 radical (unpaired) electrons. The van der Waals surface area contributed by atoms with Gasteiger partial charge in [0.25, 0.3) is 0 Å². The Morgan fingerprint density at radius 1 is 1.27 bits per heavy atom. The largest absolute Gasteiger partial charge is 0.461 e. The van der Waals surface area contributed by atoms with Gasteiger partial charge in [-0.05, 0) is 70.4 Å². The number of hydrogen-bond donors (Lipinski definition) is 2. The van der Waals surface area contributed by atoms with Gasteiger partial charge in [0.2, 0.25) is 0 Å². The summed E-state index contributed by atoms with van der Waals surface area (Å²) in [4.78, 5) is 16.8. The van der Waals surface area contributed by atoms with Crippen molar-refractivity contribution >= 4 is 23.1 Å². The molecule has 5 heterocycles. The number of rotatable bonds is 7. The van der Waals surface area contributed by atoms with Crippen LogP contribution in [0.5, 0.6) is 6.01 Å². The highest BCUT2D eigenvalue weighted by Crippen LogP contribution is 2.49. The normalized spacial score (nSPS) is 29.6. The molecule has 1 aromatic heterocycles. The Kier molecular flexibility index (Phi) is 8.40. The average Bonchev–Trinajstić information content (AvgIpc) is 3.60. The SMILES string of the molecule is CC(C(=N)/C=C1/CN(c2nc(OC[C@@]34CCCN3CC(F)C4)nc3c2CO[C@]2(CCc4c(Cl)cccc42)C3)CCC[NH2+]1)N(C)C. The highest BCUT2D eigenvalue weighted by molar-refractivity contribution is 6.31. The number of fused-ring (bicyclic) bond motifs is 4. The van der Waals surface area contributed by atoms with Crippen LogP contribution in [0.3, 0.4) is 0 Å². The number of quaternary nitrogens is 1. The third kappa shape index (κ3) is 5.78. The molecule has 0 amide bonds. The summed E-state index contributed by atoms with van der Waals surface area (Å²) in [5.41, 5.74) is 5.25. The van der Waals surface area contributed by atoms with Crippen LogP contribution in [0.1, 0.15) is 61.4 Å². The van der Waals surface area contributed by atoms with Crippen molar-refractivity contribution in [1.29, 1.82) is 5.41 Å². The lowest BCUT2D eigenvalue weighted by Gasteiger charge is -2.37. The maximum Gasteiger partial charge on any atom is 0.318 e. The highest BCUT2D eigenvalue weighted by atomic mass is 35.5. The summed E-state index contributed by atoms with van der Waals surface area (Å²) in [5.74, 6) is 0.845. The molecule has 9 nitrogen and oxygen atoms in total. The van der Waals surface area contributed by atoms with Crippen molar-refractivity contribution in [2.75, 3.05) is 58.3 Å². The van der Waals surface area contributed by atoms with E-state index in [4.69, 9.17) is 36.5 Å². The van der Waals surface area contributed by atoms with Crippen molar-refractivity contribution in [3.05, 3.63) is 57.4 Å². The zero-order valence-corrected chi connectivity index (χ0v) is 27.5. The fourth-order valence-electron chi connectivity index (χ4n) is 8.15. The molecule has 0 bridgehead atoms. The minimum Gasteiger partial charge on any atom is -0.461 e. The van der Waals surface area contributed by atoms with Gasteiger partial charge in [-0.3, -0.25) is 4.90 Å². The number of nitrogens with two attached hydrogens (primary N) is 1. The molecule has 2 unspecified atom stereocenters. The van der Waals surface area contributed by atoms with E-state index in [9.17, 15) is 4.39 Å². The summed E-state index contributed by atoms with van der Waals surface area (Å²) in [7, 11) is 4.01. The predicted octanol–water partition coefficient (Wildman–Crippen LogP) is 3.63. The van der Waals surface area contributed by atoms with Gasteiger partial charge in [0.05, 0.1) is 42.2 Å². The van der Waals surface area contributed by atoms with Gasteiger partial charge in [-0.25, -0.2) is 4.39 Å². The minimum absolute atomic E-state index is 0.0239. The molecule has 2 aromatic rings. The van der Waals surface area contributed by atoms with E-state index in [1.165, 1.54) is 5.56 Å². The molecule has 7 rings (SSSR count). The number of ether oxygens (including phenoxy) is 2. The zero-order chi connectivity index (χ0) is 31.3. The first-order valence-corrected chi connectivity index (χ1v) is 16.9. The van der Waals surface area contributed by atoms with Gasteiger partial charge in [0.1, 0.15) is 24.3 Å². The van der Waals surface area contributed by atoms with Crippen LogP contribution in [-0.2, 0) is 29.8 Å². The van der Waals surface area contributed by atoms with Gasteiger partial charge in [-0.2, -0.15) is 9.97 Å². The van der Waals surface area contributed by atoms with Gasteiger partial charge in [0, 0.05) is 55.1 Å². The van der Waals surface area contributed by atoms with E-state index < -0.39 is 11.8 Å². The van der Waals surface area contributed by atoms with Crippen LogP contribution in [0.25, 0.3) is 0 Å². The third-order valence-electron chi connectivity index (χ3n) is 10.9. The number of nitrogens with one attached hydrogen (secondary N) is 1. The summed E-state index contributed by atoms with van der Waals surface area (Å²) in [6, 6.07) is 6.50. The van der Waals surface area contributed by atoms with Crippen LogP contribution < -0.4 is 15.0 Å². The number of hydrogen-bond acceptors (Lipinski definition) is 8. The average molecular weight is 639 g/mol. The van der Waals surface area contributed by atoms with Crippen LogP contribution in [0.2, 0.25) is 5.02 Å². The van der Waals surface area contributed by atoms with Crippen LogP contribution in [0, 0.1) is 5.41 Å². The Balaban J connectivity index is 1.23. The monoisotopic (exact) mass is 638 g/mol. The second-order valence-electron chi connectivity index (χ2n) is 13.9. The Morgan fingerprint density at radius 3 is 2.98 bits per heavy atom. The lowest BCUT2D eigenvalue weighted by molar-refractivity contribution is -0.604. The fourth-order valence-corrected chi connectivity index (χ4v) is 8.42. The molecule has 242 valence electrons. The van der Waals surface area contributed by atoms with E-state index in [-0.39, 0.29) is 11.6 Å². The van der Waals surface area contributed by atoms with Crippen LogP contribution in [0.4, 0.5) is 10.2 Å². The highest BCUT2D eigenvalue weighted by Gasteiger charge is 2.50. The third-order valence-corrected chi connectivity index (χ3v) is 11.2. The first-order valence-electron chi connectivity index (χ1n) is 16.5. The topological polar surface area (TPSA) is 94.4 Å². The Hall–Kier alpha value is -2.63. The van der Waals surface area contributed by atoms with Crippen LogP contribution in [0.15, 0.2) is 30.0 Å². The molecule has 1 aromatic carbocycles. The molecule has 3 fully saturated rings. The van der Waals surface area contributed by atoms with E-state index >= 15 is 0 Å². The van der Waals surface area contributed by atoms with Crippen molar-refractivity contribution in [3.8, 4) is 6.01 Å². The molecule has 3 N–H and O–H groups in total. The second-order valence-corrected chi connectivity index (χ2v) is 14.3. The lowest BCUT2D eigenvalue weighted by Crippen LogP contribution is -2.82. The smallest absolute Gasteiger partial charge is 0.318 e. The maximum absolute atomic E-state index is 14.5. The molecule has 3 saturated heterocycles. The van der Waals surface area contributed by atoms with Crippen molar-refractivity contribution in [3.63, 3.8) is 0 Å². The molecule has 45 heavy (non-hydrogen) atoms. The number of nitrogens with zero attached hydrogens (tertiary/aromatic N) is 5. The van der Waals surface area contributed by atoms with Gasteiger partial charge < -0.3 is 30.0 Å². The molecule has 0 saturated carbocycles. The van der Waals surface area contributed by atoms with Gasteiger partial charge >= 0.3 is 6.01 Å². The van der Waals surface area contributed by atoms with Gasteiger partial charge in [-0.15, -0.1) is 0 Å². The van der Waals surface area contributed by atoms with Gasteiger partial charge in [-0.1, -0.05) is 23.7 Å². The van der Waals surface area contributed by atoms with Crippen molar-refractivity contribution in [2.24, 2.45) is 0 Å². The summed E-state index contributed by atoms with van der Waals surface area (Å²) in [6.45, 7) is 6.69. The molecular weight excluding hydrogens is 593 g/mol. The molecule has 5 aliphatic rings. The molecular formula is C34H46ClFN7O2+. The summed E-state index contributed by atoms with van der Waals surface area (Å²) in [5, 5.41) is 11.8. The summed E-state index contributed by atoms with van der Waals surface area (Å²) < 4.78 is 27.8. The molecule has 11 heteroatoms. The van der Waals surface area contributed by atoms with E-state index in [2.05, 4.69) is 33.0 Å². The zero-order valence-electron chi connectivity index (χ0n) is 26.7. The fraction of sp³-hybridized carbons (Fsp3) is 0.618. The van der Waals surface area contributed by atoms with Gasteiger partial charge in [0.15, 0.2) is 0 Å². The first kappa shape index (κ1) is 31.0. The molecule has 4 atom stereocenters. The van der Waals surface area contributed by atoms with E-state index in [0.29, 0.717) is 50.9 Å². The molecule has 1 spiro atoms. The minimum atomic E-state index is -0.812. The Bertz CT molecular complexity index is 1500. The van der Waals surface area contributed by atoms with E-state index in [1.807, 2.05) is 32.3 Å². The summed E-state index contributed by atoms with van der Waals surface area (Å²) in [6.07, 6.45) is 7.05. The van der Waals surface area contributed by atoms with Crippen LogP contribution >= 0.6 is 11.6 Å². The van der Waals surface area contributed by atoms with Crippen LogP contribution in [-0.4, -0.2) is 96.7 Å².